The quantitative estimate of drug-likeness (QED) is 0.222. The molecule has 0 bridgehead atoms. The molecule has 1 N–H and O–H groups in total. The fourth-order valence-corrected chi connectivity index (χ4v) is 14.0. The predicted molar refractivity (Wildman–Crippen MR) is 134 cm³/mol. The van der Waals surface area contributed by atoms with Gasteiger partial charge in [-0.05, 0) is 48.6 Å². The summed E-state index contributed by atoms with van der Waals surface area (Å²) < 4.78 is 13.6. The maximum absolute atomic E-state index is 11.3. The van der Waals surface area contributed by atoms with Gasteiger partial charge in [-0.25, -0.2) is 0 Å². The Hall–Kier alpha value is 0.0538. The molecule has 174 valence electrons. The van der Waals surface area contributed by atoms with Gasteiger partial charge in [0.2, 0.25) is 8.32 Å². The number of rotatable bonds is 14. The van der Waals surface area contributed by atoms with Crippen LogP contribution >= 0.6 is 0 Å². The molecule has 0 rings (SSSR count). The number of aliphatic hydroxyl groups is 1. The Morgan fingerprint density at radius 2 is 1.17 bits per heavy atom. The van der Waals surface area contributed by atoms with Gasteiger partial charge in [0.15, 0.2) is 8.32 Å². The summed E-state index contributed by atoms with van der Waals surface area (Å²) in [5.74, 6) is -0.0529. The molecule has 3 nitrogen and oxygen atoms in total. The lowest BCUT2D eigenvalue weighted by Crippen LogP contribution is -2.54. The highest BCUT2D eigenvalue weighted by Crippen LogP contribution is 2.44. The molecule has 0 aliphatic rings. The van der Waals surface area contributed by atoms with Crippen LogP contribution < -0.4 is 0 Å². The van der Waals surface area contributed by atoms with E-state index in [-0.39, 0.29) is 18.1 Å². The van der Waals surface area contributed by atoms with Gasteiger partial charge in [0.1, 0.15) is 0 Å². The second kappa shape index (κ2) is 12.2. The van der Waals surface area contributed by atoms with Gasteiger partial charge >= 0.3 is 0 Å². The highest BCUT2D eigenvalue weighted by Gasteiger charge is 2.48. The summed E-state index contributed by atoms with van der Waals surface area (Å²) in [6, 6.07) is 3.28. The Morgan fingerprint density at radius 1 is 0.793 bits per heavy atom. The first-order valence-corrected chi connectivity index (χ1v) is 16.6. The molecule has 0 saturated carbocycles. The first kappa shape index (κ1) is 29.1. The van der Waals surface area contributed by atoms with E-state index >= 15 is 0 Å². The minimum atomic E-state index is -2.07. The van der Waals surface area contributed by atoms with Crippen LogP contribution in [0.5, 0.6) is 0 Å². The minimum Gasteiger partial charge on any atom is -0.412 e. The zero-order valence-corrected chi connectivity index (χ0v) is 23.6. The smallest absolute Gasteiger partial charge is 0.201 e. The molecular weight excluding hydrogens is 392 g/mol. The van der Waals surface area contributed by atoms with E-state index in [2.05, 4.69) is 75.8 Å². The molecule has 0 aromatic heterocycles. The summed E-state index contributed by atoms with van der Waals surface area (Å²) in [6.45, 7) is 31.0. The van der Waals surface area contributed by atoms with Crippen molar-refractivity contribution in [3.05, 3.63) is 12.2 Å². The van der Waals surface area contributed by atoms with Crippen LogP contribution in [0, 0.1) is 5.92 Å². The van der Waals surface area contributed by atoms with Crippen LogP contribution in [0.25, 0.3) is 0 Å². The Bertz CT molecular complexity index is 456. The summed E-state index contributed by atoms with van der Waals surface area (Å²) in [7, 11) is -3.83. The van der Waals surface area contributed by atoms with Crippen molar-refractivity contribution in [1.29, 1.82) is 0 Å². The van der Waals surface area contributed by atoms with Crippen LogP contribution in [-0.2, 0) is 8.85 Å². The molecule has 5 heteroatoms. The Labute approximate surface area is 184 Å². The third-order valence-corrected chi connectivity index (χ3v) is 18.2. The van der Waals surface area contributed by atoms with Crippen LogP contribution in [0.15, 0.2) is 12.2 Å². The largest absolute Gasteiger partial charge is 0.412 e. The first-order chi connectivity index (χ1) is 13.3. The molecule has 29 heavy (non-hydrogen) atoms. The van der Waals surface area contributed by atoms with E-state index in [1.807, 2.05) is 13.8 Å². The average molecular weight is 445 g/mol. The number of hydrogen-bond donors (Lipinski definition) is 1. The fraction of sp³-hybridized carbons (Fsp3) is 0.917. The van der Waals surface area contributed by atoms with E-state index in [1.54, 1.807) is 0 Å². The summed E-state index contributed by atoms with van der Waals surface area (Å²) in [5, 5.41) is 11.3. The standard InChI is InChI=1S/C24H52O3Si2/c1-14-28(15-2,16-3)26-22(13)23(25)21(12)24(17(4)5)27-29(18(6)7,19(8)9)20(10)11/h18-25H,4,14-16H2,1-3,5-13H3/t21-,22-,23-,24-/m0/s1. The maximum atomic E-state index is 11.3. The van der Waals surface area contributed by atoms with Crippen LogP contribution in [0.3, 0.4) is 0 Å². The third-order valence-electron chi connectivity index (χ3n) is 7.39. The summed E-state index contributed by atoms with van der Waals surface area (Å²) in [6.07, 6.45) is -0.891. The average Bonchev–Trinajstić information content (AvgIpc) is 2.64. The molecule has 0 amide bonds. The molecule has 0 aliphatic carbocycles. The van der Waals surface area contributed by atoms with Crippen LogP contribution in [0.4, 0.5) is 0 Å². The number of aliphatic hydroxyl groups excluding tert-OH is 1. The molecule has 0 unspecified atom stereocenters. The van der Waals surface area contributed by atoms with Gasteiger partial charge in [0.05, 0.1) is 18.3 Å². The molecule has 0 aliphatic heterocycles. The molecule has 0 radical (unpaired) electrons. The predicted octanol–water partition coefficient (Wildman–Crippen LogP) is 7.53. The lowest BCUT2D eigenvalue weighted by Gasteiger charge is -2.47. The van der Waals surface area contributed by atoms with Crippen molar-refractivity contribution in [2.45, 2.75) is 136 Å². The highest BCUT2D eigenvalue weighted by molar-refractivity contribution is 6.77. The summed E-state index contributed by atoms with van der Waals surface area (Å²) >= 11 is 0. The van der Waals surface area contributed by atoms with Crippen LogP contribution in [0.1, 0.15) is 83.1 Å². The van der Waals surface area contributed by atoms with Crippen molar-refractivity contribution >= 4 is 16.6 Å². The second-order valence-corrected chi connectivity index (χ2v) is 20.2. The Balaban J connectivity index is 5.76. The molecule has 0 saturated heterocycles. The zero-order valence-electron chi connectivity index (χ0n) is 21.6. The summed E-state index contributed by atoms with van der Waals surface area (Å²) in [4.78, 5) is 0. The monoisotopic (exact) mass is 444 g/mol. The van der Waals surface area contributed by atoms with E-state index in [0.29, 0.717) is 16.6 Å². The van der Waals surface area contributed by atoms with E-state index in [1.165, 1.54) is 0 Å². The van der Waals surface area contributed by atoms with Crippen molar-refractivity contribution in [3.8, 4) is 0 Å². The topological polar surface area (TPSA) is 38.7 Å². The van der Waals surface area contributed by atoms with Gasteiger partial charge < -0.3 is 14.0 Å². The van der Waals surface area contributed by atoms with Gasteiger partial charge in [-0.1, -0.05) is 81.4 Å². The molecule has 0 heterocycles. The minimum absolute atomic E-state index is 0.0529. The Kier molecular flexibility index (Phi) is 12.2. The maximum Gasteiger partial charge on any atom is 0.201 e. The van der Waals surface area contributed by atoms with Crippen molar-refractivity contribution in [3.63, 3.8) is 0 Å². The zero-order chi connectivity index (χ0) is 23.2. The van der Waals surface area contributed by atoms with Crippen molar-refractivity contribution in [2.75, 3.05) is 0 Å². The summed E-state index contributed by atoms with van der Waals surface area (Å²) in [5.41, 5.74) is 2.51. The number of hydrogen-bond acceptors (Lipinski definition) is 3. The SMILES string of the molecule is C=C(C)[C@H](O[Si](C(C)C)(C(C)C)C(C)C)[C@@H](C)[C@H](O)[C@H](C)O[Si](CC)(CC)CC. The molecular formula is C24H52O3Si2. The van der Waals surface area contributed by atoms with Gasteiger partial charge in [0.25, 0.3) is 0 Å². The van der Waals surface area contributed by atoms with Crippen molar-refractivity contribution < 1.29 is 14.0 Å². The van der Waals surface area contributed by atoms with E-state index in [9.17, 15) is 5.11 Å². The van der Waals surface area contributed by atoms with E-state index < -0.39 is 22.7 Å². The lowest BCUT2D eigenvalue weighted by molar-refractivity contribution is -0.0266. The fourth-order valence-electron chi connectivity index (χ4n) is 5.36. The van der Waals surface area contributed by atoms with Crippen molar-refractivity contribution in [1.82, 2.24) is 0 Å². The first-order valence-electron chi connectivity index (χ1n) is 11.9. The molecule has 0 spiro atoms. The Morgan fingerprint density at radius 3 is 1.45 bits per heavy atom. The van der Waals surface area contributed by atoms with Gasteiger partial charge in [-0.2, -0.15) is 0 Å². The molecule has 0 fully saturated rings. The molecule has 0 aromatic rings. The van der Waals surface area contributed by atoms with Crippen LogP contribution in [-0.4, -0.2) is 40.1 Å². The van der Waals surface area contributed by atoms with E-state index in [4.69, 9.17) is 8.85 Å². The van der Waals surface area contributed by atoms with Gasteiger partial charge in [-0.3, -0.25) is 0 Å². The highest BCUT2D eigenvalue weighted by atomic mass is 28.4. The van der Waals surface area contributed by atoms with Gasteiger partial charge in [-0.15, -0.1) is 0 Å². The molecule has 0 aromatic carbocycles. The van der Waals surface area contributed by atoms with Crippen molar-refractivity contribution in [2.24, 2.45) is 5.92 Å². The normalized spacial score (nSPS) is 17.7. The molecule has 4 atom stereocenters. The van der Waals surface area contributed by atoms with Gasteiger partial charge in [0, 0.05) is 5.92 Å². The van der Waals surface area contributed by atoms with Crippen LogP contribution in [0.2, 0.25) is 34.8 Å². The third kappa shape index (κ3) is 6.77. The lowest BCUT2D eigenvalue weighted by atomic mass is 9.91. The second-order valence-electron chi connectivity index (χ2n) is 10.1. The van der Waals surface area contributed by atoms with E-state index in [0.717, 1.165) is 23.7 Å².